The summed E-state index contributed by atoms with van der Waals surface area (Å²) in [5, 5.41) is 7.16. The van der Waals surface area contributed by atoms with Gasteiger partial charge < -0.3 is 10.2 Å². The van der Waals surface area contributed by atoms with Gasteiger partial charge in [0.15, 0.2) is 0 Å². The number of likely N-dealkylation sites (tertiary alicyclic amines) is 1. The Morgan fingerprint density at radius 3 is 2.75 bits per heavy atom. The van der Waals surface area contributed by atoms with Crippen molar-refractivity contribution in [2.75, 3.05) is 6.54 Å². The van der Waals surface area contributed by atoms with Crippen molar-refractivity contribution >= 4 is 11.8 Å². The smallest absolute Gasteiger partial charge is 0.225 e. The molecule has 0 radical (unpaired) electrons. The normalized spacial score (nSPS) is 18.9. The van der Waals surface area contributed by atoms with Crippen molar-refractivity contribution in [3.05, 3.63) is 17.5 Å². The fraction of sp³-hybridized carbons (Fsp3) is 0.643. The third-order valence-electron chi connectivity index (χ3n) is 3.76. The van der Waals surface area contributed by atoms with Crippen molar-refractivity contribution in [2.45, 2.75) is 39.8 Å². The average Bonchev–Trinajstić information content (AvgIpc) is 2.91. The van der Waals surface area contributed by atoms with Crippen molar-refractivity contribution < 1.29 is 9.59 Å². The van der Waals surface area contributed by atoms with Crippen LogP contribution in [0.3, 0.4) is 0 Å². The molecule has 1 fully saturated rings. The summed E-state index contributed by atoms with van der Waals surface area (Å²) in [7, 11) is 1.87. The van der Waals surface area contributed by atoms with Crippen LogP contribution in [0, 0.1) is 12.8 Å². The van der Waals surface area contributed by atoms with Crippen LogP contribution in [0.4, 0.5) is 0 Å². The second-order valence-electron chi connectivity index (χ2n) is 5.66. The van der Waals surface area contributed by atoms with E-state index in [-0.39, 0.29) is 23.8 Å². The van der Waals surface area contributed by atoms with Crippen LogP contribution in [0.25, 0.3) is 0 Å². The molecule has 6 heteroatoms. The second-order valence-corrected chi connectivity index (χ2v) is 5.66. The summed E-state index contributed by atoms with van der Waals surface area (Å²) in [6.07, 6.45) is 0.311. The Kier molecular flexibility index (Phi) is 4.11. The SMILES string of the molecule is Cc1cc(CNC(=O)[C@H]2CC(=O)N(C(C)C)C2)nn1C. The lowest BCUT2D eigenvalue weighted by atomic mass is 10.1. The van der Waals surface area contributed by atoms with Crippen LogP contribution in [-0.4, -0.2) is 39.1 Å². The third-order valence-corrected chi connectivity index (χ3v) is 3.76. The Bertz CT molecular complexity index is 502. The molecular weight excluding hydrogens is 256 g/mol. The zero-order chi connectivity index (χ0) is 14.9. The summed E-state index contributed by atoms with van der Waals surface area (Å²) in [6, 6.07) is 2.10. The summed E-state index contributed by atoms with van der Waals surface area (Å²) >= 11 is 0. The van der Waals surface area contributed by atoms with E-state index in [1.807, 2.05) is 33.9 Å². The molecule has 1 aromatic heterocycles. The lowest BCUT2D eigenvalue weighted by molar-refractivity contribution is -0.130. The van der Waals surface area contributed by atoms with E-state index in [9.17, 15) is 9.59 Å². The van der Waals surface area contributed by atoms with Gasteiger partial charge >= 0.3 is 0 Å². The highest BCUT2D eigenvalue weighted by molar-refractivity contribution is 5.89. The minimum Gasteiger partial charge on any atom is -0.350 e. The minimum atomic E-state index is -0.241. The van der Waals surface area contributed by atoms with Crippen molar-refractivity contribution in [2.24, 2.45) is 13.0 Å². The number of aromatic nitrogens is 2. The van der Waals surface area contributed by atoms with Crippen LogP contribution < -0.4 is 5.32 Å². The summed E-state index contributed by atoms with van der Waals surface area (Å²) in [6.45, 7) is 6.83. The van der Waals surface area contributed by atoms with E-state index in [1.54, 1.807) is 9.58 Å². The van der Waals surface area contributed by atoms with Crippen LogP contribution in [0.15, 0.2) is 6.07 Å². The number of carbonyl (C=O) groups is 2. The summed E-state index contributed by atoms with van der Waals surface area (Å²) in [4.78, 5) is 25.6. The lowest BCUT2D eigenvalue weighted by Crippen LogP contribution is -2.35. The number of amides is 2. The van der Waals surface area contributed by atoms with Crippen LogP contribution >= 0.6 is 0 Å². The maximum Gasteiger partial charge on any atom is 0.225 e. The third kappa shape index (κ3) is 3.00. The largest absolute Gasteiger partial charge is 0.350 e. The highest BCUT2D eigenvalue weighted by Gasteiger charge is 2.35. The molecule has 0 aliphatic carbocycles. The number of nitrogens with one attached hydrogen (secondary N) is 1. The zero-order valence-corrected chi connectivity index (χ0v) is 12.5. The molecule has 110 valence electrons. The molecule has 0 saturated carbocycles. The second kappa shape index (κ2) is 5.64. The number of hydrogen-bond acceptors (Lipinski definition) is 3. The van der Waals surface area contributed by atoms with Crippen molar-refractivity contribution in [3.8, 4) is 0 Å². The molecule has 20 heavy (non-hydrogen) atoms. The average molecular weight is 278 g/mol. The maximum atomic E-state index is 12.1. The molecule has 0 spiro atoms. The minimum absolute atomic E-state index is 0.0637. The van der Waals surface area contributed by atoms with Gasteiger partial charge in [-0.2, -0.15) is 5.10 Å². The Morgan fingerprint density at radius 2 is 2.25 bits per heavy atom. The van der Waals surface area contributed by atoms with E-state index in [2.05, 4.69) is 10.4 Å². The first-order chi connectivity index (χ1) is 9.38. The molecule has 1 atom stereocenters. The molecule has 1 aliphatic rings. The molecular formula is C14H22N4O2. The summed E-state index contributed by atoms with van der Waals surface area (Å²) < 4.78 is 1.78. The zero-order valence-electron chi connectivity index (χ0n) is 12.5. The van der Waals surface area contributed by atoms with Gasteiger partial charge in [0.2, 0.25) is 11.8 Å². The Balaban J connectivity index is 1.88. The number of carbonyl (C=O) groups excluding carboxylic acids is 2. The molecule has 0 unspecified atom stereocenters. The monoisotopic (exact) mass is 278 g/mol. The predicted molar refractivity (Wildman–Crippen MR) is 74.7 cm³/mol. The molecule has 0 bridgehead atoms. The van der Waals surface area contributed by atoms with Gasteiger partial charge in [0.05, 0.1) is 18.2 Å². The van der Waals surface area contributed by atoms with Gasteiger partial charge in [-0.25, -0.2) is 0 Å². The number of hydrogen-bond donors (Lipinski definition) is 1. The van der Waals surface area contributed by atoms with Crippen LogP contribution in [-0.2, 0) is 23.2 Å². The van der Waals surface area contributed by atoms with Crippen molar-refractivity contribution in [1.29, 1.82) is 0 Å². The number of aryl methyl sites for hydroxylation is 2. The Hall–Kier alpha value is -1.85. The highest BCUT2D eigenvalue weighted by atomic mass is 16.2. The molecule has 2 amide bonds. The summed E-state index contributed by atoms with van der Waals surface area (Å²) in [5.74, 6) is -0.242. The molecule has 1 aliphatic heterocycles. The van der Waals surface area contributed by atoms with Crippen LogP contribution in [0.5, 0.6) is 0 Å². The number of nitrogens with zero attached hydrogens (tertiary/aromatic N) is 3. The van der Waals surface area contributed by atoms with E-state index in [0.717, 1.165) is 11.4 Å². The van der Waals surface area contributed by atoms with Crippen LogP contribution in [0.1, 0.15) is 31.7 Å². The van der Waals surface area contributed by atoms with Gasteiger partial charge in [-0.1, -0.05) is 0 Å². The lowest BCUT2D eigenvalue weighted by Gasteiger charge is -2.20. The molecule has 1 aromatic rings. The standard InChI is InChI=1S/C14H22N4O2/c1-9(2)18-8-11(6-13(18)19)14(20)15-7-12-5-10(3)17(4)16-12/h5,9,11H,6-8H2,1-4H3,(H,15,20)/t11-/m0/s1. The molecule has 1 saturated heterocycles. The molecule has 1 N–H and O–H groups in total. The van der Waals surface area contributed by atoms with E-state index < -0.39 is 0 Å². The van der Waals surface area contributed by atoms with E-state index >= 15 is 0 Å². The Morgan fingerprint density at radius 1 is 1.55 bits per heavy atom. The topological polar surface area (TPSA) is 67.2 Å². The van der Waals surface area contributed by atoms with Crippen molar-refractivity contribution in [1.82, 2.24) is 20.0 Å². The predicted octanol–water partition coefficient (Wildman–Crippen LogP) is 0.602. The van der Waals surface area contributed by atoms with Gasteiger partial charge in [-0.15, -0.1) is 0 Å². The first kappa shape index (κ1) is 14.6. The fourth-order valence-corrected chi connectivity index (χ4v) is 2.45. The fourth-order valence-electron chi connectivity index (χ4n) is 2.45. The molecule has 6 nitrogen and oxygen atoms in total. The van der Waals surface area contributed by atoms with Gasteiger partial charge in [-0.05, 0) is 26.8 Å². The van der Waals surface area contributed by atoms with Gasteiger partial charge in [0.25, 0.3) is 0 Å². The first-order valence-electron chi connectivity index (χ1n) is 6.95. The van der Waals surface area contributed by atoms with Gasteiger partial charge in [0.1, 0.15) is 0 Å². The van der Waals surface area contributed by atoms with Crippen molar-refractivity contribution in [3.63, 3.8) is 0 Å². The van der Waals surface area contributed by atoms with Gasteiger partial charge in [-0.3, -0.25) is 14.3 Å². The van der Waals surface area contributed by atoms with E-state index in [1.165, 1.54) is 0 Å². The molecule has 2 rings (SSSR count). The highest BCUT2D eigenvalue weighted by Crippen LogP contribution is 2.20. The molecule has 0 aromatic carbocycles. The van der Waals surface area contributed by atoms with E-state index in [0.29, 0.717) is 19.5 Å². The Labute approximate surface area is 119 Å². The van der Waals surface area contributed by atoms with Crippen LogP contribution in [0.2, 0.25) is 0 Å². The maximum absolute atomic E-state index is 12.1. The number of rotatable bonds is 4. The first-order valence-corrected chi connectivity index (χ1v) is 6.95. The summed E-state index contributed by atoms with van der Waals surface area (Å²) in [5.41, 5.74) is 1.89. The van der Waals surface area contributed by atoms with E-state index in [4.69, 9.17) is 0 Å². The van der Waals surface area contributed by atoms with Gasteiger partial charge in [0, 0.05) is 31.7 Å². The quantitative estimate of drug-likeness (QED) is 0.877. The molecule has 2 heterocycles.